The molecule has 0 aromatic rings. The Morgan fingerprint density at radius 3 is 2.62 bits per heavy atom. The Balaban J connectivity index is 1.80. The Kier molecular flexibility index (Phi) is 6.44. The lowest BCUT2D eigenvalue weighted by atomic mass is 9.45. The molecule has 8 unspecified atom stereocenters. The molecule has 3 fully saturated rings. The van der Waals surface area contributed by atoms with Crippen LogP contribution in [0.5, 0.6) is 0 Å². The van der Waals surface area contributed by atoms with Crippen molar-refractivity contribution in [3.8, 4) is 0 Å². The number of alkyl halides is 1. The van der Waals surface area contributed by atoms with Crippen molar-refractivity contribution in [2.75, 3.05) is 6.61 Å². The molecule has 0 aliphatic heterocycles. The van der Waals surface area contributed by atoms with E-state index in [0.717, 1.165) is 12.0 Å². The minimum Gasteiger partial charge on any atom is -0.450 e. The molecule has 0 amide bonds. The van der Waals surface area contributed by atoms with Crippen LogP contribution in [0.1, 0.15) is 72.6 Å². The first-order valence-corrected chi connectivity index (χ1v) is 13.0. The van der Waals surface area contributed by atoms with E-state index in [1.165, 1.54) is 6.08 Å². The maximum absolute atomic E-state index is 13.4. The molecule has 0 bridgehead atoms. The first-order chi connectivity index (χ1) is 15.9. The van der Waals surface area contributed by atoms with E-state index in [2.05, 4.69) is 0 Å². The van der Waals surface area contributed by atoms with Crippen LogP contribution in [-0.2, 0) is 19.1 Å². The molecule has 3 saturated carbocycles. The van der Waals surface area contributed by atoms with Crippen LogP contribution in [0.25, 0.3) is 0 Å². The summed E-state index contributed by atoms with van der Waals surface area (Å²) in [4.78, 5) is 37.3. The highest BCUT2D eigenvalue weighted by Gasteiger charge is 2.76. The number of aliphatic hydroxyl groups excluding tert-OH is 2. The second-order valence-electron chi connectivity index (χ2n) is 11.3. The van der Waals surface area contributed by atoms with Crippen LogP contribution in [0.3, 0.4) is 0 Å². The summed E-state index contributed by atoms with van der Waals surface area (Å²) >= 11 is 7.45. The zero-order valence-electron chi connectivity index (χ0n) is 20.6. The number of rotatable bonds is 6. The third-order valence-corrected chi connectivity index (χ3v) is 10.7. The number of unbranched alkanes of at least 4 members (excludes halogenated alkanes) is 1. The van der Waals surface area contributed by atoms with Gasteiger partial charge in [-0.1, -0.05) is 45.8 Å². The molecule has 0 heterocycles. The second-order valence-corrected chi connectivity index (χ2v) is 11.9. The molecule has 2 N–H and O–H groups in total. The van der Waals surface area contributed by atoms with Gasteiger partial charge in [-0.2, -0.15) is 0 Å². The Morgan fingerprint density at radius 2 is 1.97 bits per heavy atom. The molecule has 6 nitrogen and oxygen atoms in total. The van der Waals surface area contributed by atoms with Crippen LogP contribution < -0.4 is 0 Å². The number of esters is 1. The number of aliphatic hydroxyl groups is 2. The minimum atomic E-state index is -1.51. The number of Topliss-reactive ketones (excluding diaryl/α,β-unsaturated/α-hetero) is 1. The smallest absolute Gasteiger partial charge is 0.306 e. The van der Waals surface area contributed by atoms with Gasteiger partial charge in [-0.25, -0.2) is 0 Å². The fraction of sp³-hybridized carbons (Fsp3) is 0.741. The lowest BCUT2D eigenvalue weighted by Gasteiger charge is -2.64. The molecule has 8 atom stereocenters. The van der Waals surface area contributed by atoms with Gasteiger partial charge in [0.2, 0.25) is 5.78 Å². The summed E-state index contributed by atoms with van der Waals surface area (Å²) in [5, 5.41) is 21.7. The lowest BCUT2D eigenvalue weighted by molar-refractivity contribution is -0.203. The Bertz CT molecular complexity index is 957. The van der Waals surface area contributed by atoms with Crippen molar-refractivity contribution < 1.29 is 29.3 Å². The maximum atomic E-state index is 13.4. The highest BCUT2D eigenvalue weighted by molar-refractivity contribution is 6.26. The van der Waals surface area contributed by atoms with Gasteiger partial charge in [0.15, 0.2) is 11.4 Å². The van der Waals surface area contributed by atoms with E-state index in [1.807, 2.05) is 33.8 Å². The van der Waals surface area contributed by atoms with Gasteiger partial charge in [0.05, 0.1) is 11.0 Å². The fourth-order valence-electron chi connectivity index (χ4n) is 8.07. The first kappa shape index (κ1) is 25.6. The molecular formula is C27H37ClO6. The summed E-state index contributed by atoms with van der Waals surface area (Å²) in [5.74, 6) is -1.59. The van der Waals surface area contributed by atoms with Crippen LogP contribution in [-0.4, -0.2) is 50.9 Å². The number of fused-ring (bicyclic) bond motifs is 5. The van der Waals surface area contributed by atoms with Crippen molar-refractivity contribution in [1.82, 2.24) is 0 Å². The SMILES string of the molecule is CCCCC(=O)OC1(C(=O)CO)C(C)CC2C3CCC4=CC(=O)C=CC4(C)C3(Cl)C(O)CC21C. The second kappa shape index (κ2) is 8.56. The third-order valence-electron chi connectivity index (χ3n) is 9.75. The molecule has 0 saturated heterocycles. The molecule has 7 heteroatoms. The molecule has 4 rings (SSSR count). The van der Waals surface area contributed by atoms with Crippen molar-refractivity contribution in [1.29, 1.82) is 0 Å². The van der Waals surface area contributed by atoms with E-state index < -0.39 is 45.8 Å². The Hall–Kier alpha value is -1.50. The molecule has 34 heavy (non-hydrogen) atoms. The Morgan fingerprint density at radius 1 is 1.26 bits per heavy atom. The standard InChI is InChI=1S/C27H37ClO6/c1-5-6-7-23(33)34-27(22(32)15-29)16(2)12-20-19-9-8-17-13-18(30)10-11-24(17,3)26(19,28)21(31)14-25(20,27)4/h10-11,13,16,19-21,29,31H,5-9,12,14-15H2,1-4H3. The van der Waals surface area contributed by atoms with E-state index in [0.29, 0.717) is 25.7 Å². The molecule has 0 aromatic carbocycles. The zero-order chi connectivity index (χ0) is 25.1. The van der Waals surface area contributed by atoms with E-state index in [4.69, 9.17) is 16.3 Å². The molecule has 188 valence electrons. The van der Waals surface area contributed by atoms with Crippen molar-refractivity contribution in [2.24, 2.45) is 28.6 Å². The van der Waals surface area contributed by atoms with E-state index in [1.54, 1.807) is 6.08 Å². The van der Waals surface area contributed by atoms with Gasteiger partial charge >= 0.3 is 5.97 Å². The lowest BCUT2D eigenvalue weighted by Crippen LogP contribution is -2.69. The summed E-state index contributed by atoms with van der Waals surface area (Å²) in [6.07, 6.45) is 7.82. The quantitative estimate of drug-likeness (QED) is 0.430. The van der Waals surface area contributed by atoms with Gasteiger partial charge in [-0.05, 0) is 56.1 Å². The third kappa shape index (κ3) is 3.17. The highest BCUT2D eigenvalue weighted by Crippen LogP contribution is 2.72. The molecule has 4 aliphatic carbocycles. The minimum absolute atomic E-state index is 0.0673. The predicted octanol–water partition coefficient (Wildman–Crippen LogP) is 3.91. The van der Waals surface area contributed by atoms with Gasteiger partial charge < -0.3 is 14.9 Å². The van der Waals surface area contributed by atoms with Crippen LogP contribution in [0.2, 0.25) is 0 Å². The van der Waals surface area contributed by atoms with Crippen LogP contribution >= 0.6 is 11.6 Å². The van der Waals surface area contributed by atoms with E-state index in [9.17, 15) is 24.6 Å². The average Bonchev–Trinajstić information content (AvgIpc) is 3.00. The number of carbonyl (C=O) groups is 3. The number of allylic oxidation sites excluding steroid dienone is 4. The topological polar surface area (TPSA) is 101 Å². The number of ether oxygens (including phenoxy) is 1. The van der Waals surface area contributed by atoms with Crippen molar-refractivity contribution in [2.45, 2.75) is 89.2 Å². The van der Waals surface area contributed by atoms with Gasteiger partial charge in [-0.15, -0.1) is 11.6 Å². The predicted molar refractivity (Wildman–Crippen MR) is 128 cm³/mol. The zero-order valence-corrected chi connectivity index (χ0v) is 21.4. The monoisotopic (exact) mass is 492 g/mol. The number of halogens is 1. The van der Waals surface area contributed by atoms with Gasteiger partial charge in [0.1, 0.15) is 6.61 Å². The molecule has 0 aromatic heterocycles. The molecule has 0 radical (unpaired) electrons. The average molecular weight is 493 g/mol. The molecular weight excluding hydrogens is 456 g/mol. The normalized spacial score (nSPS) is 45.1. The summed E-state index contributed by atoms with van der Waals surface area (Å²) in [6, 6.07) is 0. The van der Waals surface area contributed by atoms with E-state index >= 15 is 0 Å². The van der Waals surface area contributed by atoms with Crippen LogP contribution in [0.15, 0.2) is 23.8 Å². The summed E-state index contributed by atoms with van der Waals surface area (Å²) in [5.41, 5.74) is -2.14. The molecule has 0 spiro atoms. The van der Waals surface area contributed by atoms with Crippen molar-refractivity contribution in [3.63, 3.8) is 0 Å². The first-order valence-electron chi connectivity index (χ1n) is 12.6. The van der Waals surface area contributed by atoms with Crippen molar-refractivity contribution >= 4 is 29.1 Å². The largest absolute Gasteiger partial charge is 0.450 e. The summed E-state index contributed by atoms with van der Waals surface area (Å²) < 4.78 is 6.07. The van der Waals surface area contributed by atoms with E-state index in [-0.39, 0.29) is 36.4 Å². The van der Waals surface area contributed by atoms with Crippen LogP contribution in [0, 0.1) is 28.6 Å². The van der Waals surface area contributed by atoms with Crippen LogP contribution in [0.4, 0.5) is 0 Å². The Labute approximate surface area is 206 Å². The van der Waals surface area contributed by atoms with Gasteiger partial charge in [-0.3, -0.25) is 14.4 Å². The summed E-state index contributed by atoms with van der Waals surface area (Å²) in [7, 11) is 0. The fourth-order valence-corrected chi connectivity index (χ4v) is 8.59. The number of ketones is 2. The van der Waals surface area contributed by atoms with Crippen molar-refractivity contribution in [3.05, 3.63) is 23.8 Å². The number of hydrogen-bond acceptors (Lipinski definition) is 6. The highest BCUT2D eigenvalue weighted by atomic mass is 35.5. The van der Waals surface area contributed by atoms with Gasteiger partial charge in [0.25, 0.3) is 0 Å². The number of hydrogen-bond donors (Lipinski definition) is 2. The summed E-state index contributed by atoms with van der Waals surface area (Å²) in [6.45, 7) is 7.07. The number of carbonyl (C=O) groups excluding carboxylic acids is 3. The molecule has 4 aliphatic rings. The van der Waals surface area contributed by atoms with Gasteiger partial charge in [0, 0.05) is 23.2 Å². The maximum Gasteiger partial charge on any atom is 0.306 e.